The first-order valence-corrected chi connectivity index (χ1v) is 6.66. The number of hydrogen-bond donors (Lipinski definition) is 2. The molecule has 20 heavy (non-hydrogen) atoms. The molecule has 0 aliphatic rings. The van der Waals surface area contributed by atoms with Gasteiger partial charge < -0.3 is 16.4 Å². The first kappa shape index (κ1) is 14.5. The maximum absolute atomic E-state index is 14.2. The van der Waals surface area contributed by atoms with Gasteiger partial charge in [0, 0.05) is 13.6 Å². The van der Waals surface area contributed by atoms with Crippen LogP contribution >= 0.6 is 11.6 Å². The monoisotopic (exact) mass is 293 g/mol. The molecule has 0 atom stereocenters. The summed E-state index contributed by atoms with van der Waals surface area (Å²) in [5.74, 6) is -0.570. The number of anilines is 3. The minimum atomic E-state index is -0.570. The molecule has 0 fully saturated rings. The predicted molar refractivity (Wildman–Crippen MR) is 83.7 cm³/mol. The van der Waals surface area contributed by atoms with Gasteiger partial charge in [0.05, 0.1) is 17.1 Å². The summed E-state index contributed by atoms with van der Waals surface area (Å²) in [4.78, 5) is 1.75. The second-order valence-electron chi connectivity index (χ2n) is 4.69. The molecule has 0 aliphatic heterocycles. The Morgan fingerprint density at radius 3 is 2.45 bits per heavy atom. The van der Waals surface area contributed by atoms with E-state index in [2.05, 4.69) is 0 Å². The number of nitrogen functional groups attached to an aromatic ring is 2. The Morgan fingerprint density at radius 1 is 1.15 bits per heavy atom. The Balaban J connectivity index is 2.17. The maximum Gasteiger partial charge on any atom is 0.169 e. The number of nitrogens with two attached hydrogens (primary N) is 2. The molecular weight excluding hydrogens is 277 g/mol. The fraction of sp³-hybridized carbons (Fsp3) is 0.200. The molecule has 0 unspecified atom stereocenters. The number of benzene rings is 2. The van der Waals surface area contributed by atoms with E-state index in [0.29, 0.717) is 17.9 Å². The molecule has 3 nitrogen and oxygen atoms in total. The molecule has 2 aromatic rings. The Hall–Kier alpha value is -1.94. The number of likely N-dealkylation sites (N-methyl/N-ethyl adjacent to an activating group) is 1. The maximum atomic E-state index is 14.2. The first-order chi connectivity index (χ1) is 9.50. The lowest BCUT2D eigenvalue weighted by Gasteiger charge is -2.22. The van der Waals surface area contributed by atoms with Gasteiger partial charge in [-0.25, -0.2) is 4.39 Å². The fourth-order valence-corrected chi connectivity index (χ4v) is 2.24. The van der Waals surface area contributed by atoms with Crippen molar-refractivity contribution in [3.63, 3.8) is 0 Å². The van der Waals surface area contributed by atoms with Gasteiger partial charge in [-0.1, -0.05) is 41.9 Å². The smallest absolute Gasteiger partial charge is 0.169 e. The van der Waals surface area contributed by atoms with Crippen LogP contribution in [0, 0.1) is 5.82 Å². The van der Waals surface area contributed by atoms with Gasteiger partial charge in [0.2, 0.25) is 0 Å². The predicted octanol–water partition coefficient (Wildman–Crippen LogP) is 3.32. The molecule has 0 aliphatic carbocycles. The van der Waals surface area contributed by atoms with Crippen LogP contribution in [0.15, 0.2) is 36.4 Å². The van der Waals surface area contributed by atoms with Gasteiger partial charge in [-0.15, -0.1) is 0 Å². The number of rotatable bonds is 4. The third-order valence-electron chi connectivity index (χ3n) is 3.20. The molecule has 4 N–H and O–H groups in total. The summed E-state index contributed by atoms with van der Waals surface area (Å²) >= 11 is 5.83. The van der Waals surface area contributed by atoms with Crippen molar-refractivity contribution < 1.29 is 4.39 Å². The molecule has 0 saturated heterocycles. The highest BCUT2D eigenvalue weighted by molar-refractivity contribution is 6.33. The van der Waals surface area contributed by atoms with Gasteiger partial charge in [-0.05, 0) is 18.1 Å². The van der Waals surface area contributed by atoms with Crippen molar-refractivity contribution >= 4 is 28.7 Å². The summed E-state index contributed by atoms with van der Waals surface area (Å²) in [5.41, 5.74) is 13.3. The van der Waals surface area contributed by atoms with E-state index in [9.17, 15) is 4.39 Å². The summed E-state index contributed by atoms with van der Waals surface area (Å²) in [5, 5.41) is -0.0826. The standard InChI is InChI=1S/C15H17ClFN3/c1-20(8-7-10-5-3-2-4-6-10)15-12(19)9-11(18)13(16)14(15)17/h2-6,9H,7-8,18-19H2,1H3. The summed E-state index contributed by atoms with van der Waals surface area (Å²) < 4.78 is 14.2. The van der Waals surface area contributed by atoms with Gasteiger partial charge in [0.15, 0.2) is 5.82 Å². The zero-order chi connectivity index (χ0) is 14.7. The molecule has 0 radical (unpaired) electrons. The Morgan fingerprint density at radius 2 is 1.80 bits per heavy atom. The third kappa shape index (κ3) is 2.96. The van der Waals surface area contributed by atoms with Crippen LogP contribution in [0.4, 0.5) is 21.5 Å². The molecule has 0 aromatic heterocycles. The SMILES string of the molecule is CN(CCc1ccccc1)c1c(N)cc(N)c(Cl)c1F. The van der Waals surface area contributed by atoms with Crippen LogP contribution in [-0.2, 0) is 6.42 Å². The Labute approximate surface area is 122 Å². The minimum absolute atomic E-state index is 0.0826. The van der Waals surface area contributed by atoms with Gasteiger partial charge in [0.25, 0.3) is 0 Å². The minimum Gasteiger partial charge on any atom is -0.397 e. The molecule has 2 rings (SSSR count). The normalized spacial score (nSPS) is 10.6. The van der Waals surface area contributed by atoms with Gasteiger partial charge in [0.1, 0.15) is 5.02 Å². The number of halogens is 2. The van der Waals surface area contributed by atoms with E-state index < -0.39 is 5.82 Å². The molecule has 0 saturated carbocycles. The van der Waals surface area contributed by atoms with E-state index >= 15 is 0 Å². The zero-order valence-corrected chi connectivity index (χ0v) is 12.0. The van der Waals surface area contributed by atoms with Crippen molar-refractivity contribution in [1.82, 2.24) is 0 Å². The molecule has 0 spiro atoms. The van der Waals surface area contributed by atoms with E-state index in [1.165, 1.54) is 11.6 Å². The number of nitrogens with zero attached hydrogens (tertiary/aromatic N) is 1. The van der Waals surface area contributed by atoms with Crippen molar-refractivity contribution in [1.29, 1.82) is 0 Å². The van der Waals surface area contributed by atoms with E-state index in [-0.39, 0.29) is 10.7 Å². The molecule has 0 heterocycles. The van der Waals surface area contributed by atoms with Crippen molar-refractivity contribution in [2.45, 2.75) is 6.42 Å². The van der Waals surface area contributed by atoms with Crippen molar-refractivity contribution in [2.24, 2.45) is 0 Å². The summed E-state index contributed by atoms with van der Waals surface area (Å²) in [6.45, 7) is 0.630. The molecule has 2 aromatic carbocycles. The van der Waals surface area contributed by atoms with Crippen molar-refractivity contribution in [3.8, 4) is 0 Å². The molecule has 106 valence electrons. The topological polar surface area (TPSA) is 55.3 Å². The Bertz CT molecular complexity index is 602. The van der Waals surface area contributed by atoms with Gasteiger partial charge in [-0.2, -0.15) is 0 Å². The summed E-state index contributed by atoms with van der Waals surface area (Å²) in [7, 11) is 1.78. The van der Waals surface area contributed by atoms with E-state index in [1.54, 1.807) is 11.9 Å². The summed E-state index contributed by atoms with van der Waals surface area (Å²) in [6.07, 6.45) is 0.790. The van der Waals surface area contributed by atoms with Crippen LogP contribution in [0.5, 0.6) is 0 Å². The molecular formula is C15H17ClFN3. The van der Waals surface area contributed by atoms with Crippen molar-refractivity contribution in [2.75, 3.05) is 30.0 Å². The lowest BCUT2D eigenvalue weighted by molar-refractivity contribution is 0.624. The summed E-state index contributed by atoms with van der Waals surface area (Å²) in [6, 6.07) is 11.5. The van der Waals surface area contributed by atoms with Crippen molar-refractivity contribution in [3.05, 3.63) is 52.8 Å². The molecule has 0 bridgehead atoms. The van der Waals surface area contributed by atoms with E-state index in [1.807, 2.05) is 30.3 Å². The second kappa shape index (κ2) is 6.01. The quantitative estimate of drug-likeness (QED) is 0.850. The number of hydrogen-bond acceptors (Lipinski definition) is 3. The lowest BCUT2D eigenvalue weighted by atomic mass is 10.1. The third-order valence-corrected chi connectivity index (χ3v) is 3.58. The van der Waals surface area contributed by atoms with Gasteiger partial charge in [-0.3, -0.25) is 0 Å². The zero-order valence-electron chi connectivity index (χ0n) is 11.2. The molecule has 0 amide bonds. The lowest BCUT2D eigenvalue weighted by Crippen LogP contribution is -2.23. The van der Waals surface area contributed by atoms with Crippen LogP contribution in [0.3, 0.4) is 0 Å². The second-order valence-corrected chi connectivity index (χ2v) is 5.07. The first-order valence-electron chi connectivity index (χ1n) is 6.28. The average molecular weight is 294 g/mol. The Kier molecular flexibility index (Phi) is 4.35. The van der Waals surface area contributed by atoms with Gasteiger partial charge >= 0.3 is 0 Å². The van der Waals surface area contributed by atoms with Crippen LogP contribution in [0.25, 0.3) is 0 Å². The van der Waals surface area contributed by atoms with E-state index in [4.69, 9.17) is 23.1 Å². The van der Waals surface area contributed by atoms with Crippen LogP contribution < -0.4 is 16.4 Å². The highest BCUT2D eigenvalue weighted by Gasteiger charge is 2.17. The fourth-order valence-electron chi connectivity index (χ4n) is 2.10. The highest BCUT2D eigenvalue weighted by atomic mass is 35.5. The average Bonchev–Trinajstić information content (AvgIpc) is 2.44. The highest BCUT2D eigenvalue weighted by Crippen LogP contribution is 2.35. The molecule has 5 heteroatoms. The van der Waals surface area contributed by atoms with Crippen LogP contribution in [0.2, 0.25) is 5.02 Å². The van der Waals surface area contributed by atoms with E-state index in [0.717, 1.165) is 6.42 Å². The van der Waals surface area contributed by atoms with Crippen LogP contribution in [0.1, 0.15) is 5.56 Å². The van der Waals surface area contributed by atoms with Crippen LogP contribution in [-0.4, -0.2) is 13.6 Å². The largest absolute Gasteiger partial charge is 0.397 e.